The van der Waals surface area contributed by atoms with Crippen LogP contribution >= 0.6 is 0 Å². The number of benzene rings is 1. The molecule has 2 aromatic rings. The molecule has 0 aliphatic carbocycles. The van der Waals surface area contributed by atoms with Gasteiger partial charge in [-0.2, -0.15) is 5.10 Å². The van der Waals surface area contributed by atoms with Crippen molar-refractivity contribution in [2.45, 2.75) is 26.4 Å². The number of carbonyl (C=O) groups excluding carboxylic acids is 2. The van der Waals surface area contributed by atoms with Crippen molar-refractivity contribution in [3.05, 3.63) is 59.4 Å². The van der Waals surface area contributed by atoms with E-state index in [9.17, 15) is 9.59 Å². The zero-order valence-corrected chi connectivity index (χ0v) is 15.3. The molecule has 1 aromatic carbocycles. The van der Waals surface area contributed by atoms with Crippen LogP contribution in [-0.2, 0) is 17.9 Å². The van der Waals surface area contributed by atoms with Crippen LogP contribution in [0.15, 0.2) is 47.8 Å². The molecule has 7 heteroatoms. The summed E-state index contributed by atoms with van der Waals surface area (Å²) in [6.07, 6.45) is 4.02. The third-order valence-corrected chi connectivity index (χ3v) is 5.01. The lowest BCUT2D eigenvalue weighted by atomic mass is 9.94. The molecule has 0 fully saturated rings. The average molecular weight is 363 g/mol. The number of rotatable bonds is 2. The van der Waals surface area contributed by atoms with E-state index in [1.165, 1.54) is 5.01 Å². The number of amides is 3. The largest absolute Gasteiger partial charge is 0.322 e. The molecule has 1 aromatic heterocycles. The summed E-state index contributed by atoms with van der Waals surface area (Å²) in [6, 6.07) is 9.40. The molecule has 27 heavy (non-hydrogen) atoms. The molecule has 3 amide bonds. The second-order valence-corrected chi connectivity index (χ2v) is 7.02. The molecular weight excluding hydrogens is 342 g/mol. The van der Waals surface area contributed by atoms with Crippen LogP contribution < -0.4 is 5.32 Å². The molecule has 1 atom stereocenters. The van der Waals surface area contributed by atoms with Crippen molar-refractivity contribution in [3.8, 4) is 0 Å². The Bertz CT molecular complexity index is 897. The molecule has 7 nitrogen and oxygen atoms in total. The van der Waals surface area contributed by atoms with Crippen LogP contribution in [0.5, 0.6) is 0 Å². The molecule has 138 valence electrons. The summed E-state index contributed by atoms with van der Waals surface area (Å²) in [7, 11) is 1.67. The van der Waals surface area contributed by atoms with Crippen LogP contribution in [0.4, 0.5) is 10.5 Å². The number of nitrogens with zero attached hydrogens (tertiary/aromatic N) is 4. The number of pyridine rings is 1. The Morgan fingerprint density at radius 1 is 1.15 bits per heavy atom. The Morgan fingerprint density at radius 2 is 1.89 bits per heavy atom. The first kappa shape index (κ1) is 17.2. The summed E-state index contributed by atoms with van der Waals surface area (Å²) in [5.74, 6) is 0.0998. The fourth-order valence-corrected chi connectivity index (χ4v) is 3.44. The van der Waals surface area contributed by atoms with Crippen molar-refractivity contribution >= 4 is 23.3 Å². The minimum Gasteiger partial charge on any atom is -0.316 e. The van der Waals surface area contributed by atoms with Crippen molar-refractivity contribution in [2.24, 2.45) is 11.0 Å². The molecule has 0 radical (unpaired) electrons. The monoisotopic (exact) mass is 363 g/mol. The van der Waals surface area contributed by atoms with Crippen molar-refractivity contribution in [2.75, 3.05) is 12.4 Å². The average Bonchev–Trinajstić information content (AvgIpc) is 3.10. The van der Waals surface area contributed by atoms with E-state index in [-0.39, 0.29) is 17.9 Å². The van der Waals surface area contributed by atoms with Crippen LogP contribution in [0, 0.1) is 5.92 Å². The van der Waals surface area contributed by atoms with Gasteiger partial charge in [-0.3, -0.25) is 9.78 Å². The van der Waals surface area contributed by atoms with Crippen LogP contribution in [0.25, 0.3) is 0 Å². The maximum Gasteiger partial charge on any atom is 0.322 e. The van der Waals surface area contributed by atoms with Crippen molar-refractivity contribution in [1.29, 1.82) is 0 Å². The zero-order chi connectivity index (χ0) is 19.0. The number of carbonyl (C=O) groups is 2. The van der Waals surface area contributed by atoms with Crippen LogP contribution in [0.2, 0.25) is 0 Å². The normalized spacial score (nSPS) is 19.0. The molecule has 0 bridgehead atoms. The first-order valence-corrected chi connectivity index (χ1v) is 8.94. The van der Waals surface area contributed by atoms with Gasteiger partial charge in [-0.25, -0.2) is 9.80 Å². The van der Waals surface area contributed by atoms with E-state index in [1.807, 2.05) is 43.5 Å². The minimum absolute atomic E-state index is 0.0249. The fourth-order valence-electron chi connectivity index (χ4n) is 3.44. The second-order valence-electron chi connectivity index (χ2n) is 7.02. The Labute approximate surface area is 157 Å². The number of urea groups is 1. The number of anilines is 1. The predicted molar refractivity (Wildman–Crippen MR) is 102 cm³/mol. The molecule has 0 spiro atoms. The molecule has 0 unspecified atom stereocenters. The third kappa shape index (κ3) is 3.40. The van der Waals surface area contributed by atoms with Gasteiger partial charge in [-0.1, -0.05) is 19.1 Å². The molecular formula is C20H21N5O2. The summed E-state index contributed by atoms with van der Waals surface area (Å²) in [4.78, 5) is 30.1. The fraction of sp³-hybridized carbons (Fsp3) is 0.300. The maximum absolute atomic E-state index is 12.5. The predicted octanol–water partition coefficient (Wildman–Crippen LogP) is 2.83. The van der Waals surface area contributed by atoms with E-state index in [2.05, 4.69) is 15.4 Å². The van der Waals surface area contributed by atoms with E-state index in [0.717, 1.165) is 28.1 Å². The van der Waals surface area contributed by atoms with Gasteiger partial charge in [-0.15, -0.1) is 0 Å². The maximum atomic E-state index is 12.5. The zero-order valence-electron chi connectivity index (χ0n) is 15.3. The van der Waals surface area contributed by atoms with Gasteiger partial charge in [-0.05, 0) is 34.9 Å². The van der Waals surface area contributed by atoms with E-state index >= 15 is 0 Å². The molecule has 4 rings (SSSR count). The molecule has 2 aliphatic rings. The quantitative estimate of drug-likeness (QED) is 0.891. The van der Waals surface area contributed by atoms with Gasteiger partial charge in [0.05, 0.1) is 5.71 Å². The highest BCUT2D eigenvalue weighted by Gasteiger charge is 2.26. The topological polar surface area (TPSA) is 77.9 Å². The lowest BCUT2D eigenvalue weighted by Crippen LogP contribution is -2.33. The molecule has 0 saturated carbocycles. The van der Waals surface area contributed by atoms with Gasteiger partial charge in [0, 0.05) is 50.6 Å². The van der Waals surface area contributed by atoms with E-state index in [4.69, 9.17) is 0 Å². The van der Waals surface area contributed by atoms with Gasteiger partial charge in [0.25, 0.3) is 0 Å². The standard InChI is InChI=1S/C20H21N5O2/c1-13-9-18(26)24(2)23-19(13)14-3-5-17(6-4-14)22-20(27)25-11-15-7-8-21-10-16(15)12-25/h3-8,10,13H,9,11-12H2,1-2H3,(H,22,27)/t13-/m0/s1. The molecule has 1 N–H and O–H groups in total. The first-order chi connectivity index (χ1) is 13.0. The molecule has 2 aliphatic heterocycles. The van der Waals surface area contributed by atoms with Crippen molar-refractivity contribution in [1.82, 2.24) is 14.9 Å². The summed E-state index contributed by atoms with van der Waals surface area (Å²) in [5.41, 5.74) is 4.80. The van der Waals surface area contributed by atoms with Gasteiger partial charge in [0.2, 0.25) is 5.91 Å². The Kier molecular flexibility index (Phi) is 4.35. The van der Waals surface area contributed by atoms with Gasteiger partial charge < -0.3 is 10.2 Å². The second kappa shape index (κ2) is 6.83. The van der Waals surface area contributed by atoms with Crippen molar-refractivity contribution in [3.63, 3.8) is 0 Å². The van der Waals surface area contributed by atoms with Gasteiger partial charge in [0.15, 0.2) is 0 Å². The number of hydrogen-bond acceptors (Lipinski definition) is 4. The summed E-state index contributed by atoms with van der Waals surface area (Å²) < 4.78 is 0. The van der Waals surface area contributed by atoms with Gasteiger partial charge in [0.1, 0.15) is 0 Å². The number of hydrogen-bond donors (Lipinski definition) is 1. The van der Waals surface area contributed by atoms with Crippen LogP contribution in [0.3, 0.4) is 0 Å². The number of aromatic nitrogens is 1. The Hall–Kier alpha value is -3.22. The highest BCUT2D eigenvalue weighted by molar-refractivity contribution is 6.06. The number of fused-ring (bicyclic) bond motifs is 1. The molecule has 3 heterocycles. The van der Waals surface area contributed by atoms with Crippen molar-refractivity contribution < 1.29 is 9.59 Å². The number of nitrogens with one attached hydrogen (secondary N) is 1. The summed E-state index contributed by atoms with van der Waals surface area (Å²) >= 11 is 0. The van der Waals surface area contributed by atoms with Gasteiger partial charge >= 0.3 is 6.03 Å². The Balaban J connectivity index is 1.44. The van der Waals surface area contributed by atoms with Crippen LogP contribution in [0.1, 0.15) is 30.0 Å². The van der Waals surface area contributed by atoms with E-state index in [1.54, 1.807) is 18.1 Å². The van der Waals surface area contributed by atoms with E-state index < -0.39 is 0 Å². The lowest BCUT2D eigenvalue weighted by Gasteiger charge is -2.25. The highest BCUT2D eigenvalue weighted by Crippen LogP contribution is 2.24. The minimum atomic E-state index is -0.132. The lowest BCUT2D eigenvalue weighted by molar-refractivity contribution is -0.131. The molecule has 0 saturated heterocycles. The first-order valence-electron chi connectivity index (χ1n) is 8.94. The smallest absolute Gasteiger partial charge is 0.316 e. The van der Waals surface area contributed by atoms with Crippen LogP contribution in [-0.4, -0.2) is 39.6 Å². The highest BCUT2D eigenvalue weighted by atomic mass is 16.2. The van der Waals surface area contributed by atoms with E-state index in [0.29, 0.717) is 19.5 Å². The number of hydrazone groups is 1. The summed E-state index contributed by atoms with van der Waals surface area (Å²) in [6.45, 7) is 3.16. The summed E-state index contributed by atoms with van der Waals surface area (Å²) in [5, 5.41) is 8.72. The Morgan fingerprint density at radius 3 is 2.63 bits per heavy atom. The SMILES string of the molecule is C[C@H]1CC(=O)N(C)N=C1c1ccc(NC(=O)N2Cc3ccncc3C2)cc1. The third-order valence-electron chi connectivity index (χ3n) is 5.01.